The van der Waals surface area contributed by atoms with E-state index in [1.165, 1.54) is 38.8 Å². The first-order chi connectivity index (χ1) is 6.45. The summed E-state index contributed by atoms with van der Waals surface area (Å²) < 4.78 is 0. The van der Waals surface area contributed by atoms with Gasteiger partial charge in [-0.25, -0.2) is 0 Å². The van der Waals surface area contributed by atoms with Gasteiger partial charge >= 0.3 is 0 Å². The molecule has 0 aliphatic carbocycles. The Kier molecular flexibility index (Phi) is 7.20. The van der Waals surface area contributed by atoms with Crippen LogP contribution in [0.2, 0.25) is 0 Å². The SMILES string of the molecule is CCCCCN(C)CCCC(C)(C)N. The highest BCUT2D eigenvalue weighted by Crippen LogP contribution is 2.07. The molecule has 0 aliphatic heterocycles. The zero-order valence-electron chi connectivity index (χ0n) is 10.5. The molecule has 0 aromatic rings. The van der Waals surface area contributed by atoms with Gasteiger partial charge in [-0.15, -0.1) is 0 Å². The van der Waals surface area contributed by atoms with Crippen molar-refractivity contribution < 1.29 is 0 Å². The summed E-state index contributed by atoms with van der Waals surface area (Å²) in [5.74, 6) is 0. The van der Waals surface area contributed by atoms with Crippen molar-refractivity contribution in [1.82, 2.24) is 4.90 Å². The lowest BCUT2D eigenvalue weighted by molar-refractivity contribution is 0.303. The van der Waals surface area contributed by atoms with E-state index in [2.05, 4.69) is 32.7 Å². The molecular formula is C12H28N2. The van der Waals surface area contributed by atoms with Crippen molar-refractivity contribution in [3.8, 4) is 0 Å². The maximum atomic E-state index is 5.92. The Morgan fingerprint density at radius 3 is 2.14 bits per heavy atom. The molecule has 0 spiro atoms. The van der Waals surface area contributed by atoms with Crippen LogP contribution in [-0.2, 0) is 0 Å². The molecule has 14 heavy (non-hydrogen) atoms. The third-order valence-corrected chi connectivity index (χ3v) is 2.50. The molecule has 0 aromatic carbocycles. The molecule has 0 aliphatic rings. The largest absolute Gasteiger partial charge is 0.326 e. The van der Waals surface area contributed by atoms with Crippen molar-refractivity contribution in [3.05, 3.63) is 0 Å². The first-order valence-corrected chi connectivity index (χ1v) is 5.93. The summed E-state index contributed by atoms with van der Waals surface area (Å²) in [7, 11) is 2.21. The van der Waals surface area contributed by atoms with Gasteiger partial charge in [0.2, 0.25) is 0 Å². The van der Waals surface area contributed by atoms with Crippen LogP contribution in [0.25, 0.3) is 0 Å². The molecule has 0 amide bonds. The molecule has 0 atom stereocenters. The van der Waals surface area contributed by atoms with Gasteiger partial charge in [-0.1, -0.05) is 19.8 Å². The Bertz CT molecular complexity index is 127. The van der Waals surface area contributed by atoms with Gasteiger partial charge in [-0.05, 0) is 53.2 Å². The van der Waals surface area contributed by atoms with Crippen LogP contribution >= 0.6 is 0 Å². The van der Waals surface area contributed by atoms with E-state index in [4.69, 9.17) is 5.73 Å². The van der Waals surface area contributed by atoms with Gasteiger partial charge in [0.15, 0.2) is 0 Å². The average molecular weight is 200 g/mol. The molecule has 2 heteroatoms. The second kappa shape index (κ2) is 7.24. The first-order valence-electron chi connectivity index (χ1n) is 5.93. The van der Waals surface area contributed by atoms with E-state index in [0.717, 1.165) is 6.42 Å². The van der Waals surface area contributed by atoms with Crippen LogP contribution in [0.1, 0.15) is 52.9 Å². The van der Waals surface area contributed by atoms with Gasteiger partial charge in [0.1, 0.15) is 0 Å². The minimum absolute atomic E-state index is 0.00422. The molecule has 0 rings (SSSR count). The van der Waals surface area contributed by atoms with Crippen molar-refractivity contribution in [2.24, 2.45) is 5.73 Å². The molecule has 2 N–H and O–H groups in total. The second-order valence-corrected chi connectivity index (χ2v) is 5.10. The molecule has 0 saturated carbocycles. The second-order valence-electron chi connectivity index (χ2n) is 5.10. The summed E-state index contributed by atoms with van der Waals surface area (Å²) in [6.07, 6.45) is 6.33. The van der Waals surface area contributed by atoms with Crippen LogP contribution in [-0.4, -0.2) is 30.6 Å². The van der Waals surface area contributed by atoms with Crippen molar-refractivity contribution in [1.29, 1.82) is 0 Å². The Hall–Kier alpha value is -0.0800. The maximum absolute atomic E-state index is 5.92. The molecule has 0 saturated heterocycles. The fourth-order valence-electron chi connectivity index (χ4n) is 1.55. The number of nitrogens with zero attached hydrogens (tertiary/aromatic N) is 1. The highest BCUT2D eigenvalue weighted by atomic mass is 15.1. The van der Waals surface area contributed by atoms with Crippen LogP contribution in [0.5, 0.6) is 0 Å². The summed E-state index contributed by atoms with van der Waals surface area (Å²) in [5.41, 5.74) is 5.93. The molecule has 0 unspecified atom stereocenters. The highest BCUT2D eigenvalue weighted by molar-refractivity contribution is 4.71. The molecular weight excluding hydrogens is 172 g/mol. The van der Waals surface area contributed by atoms with E-state index >= 15 is 0 Å². The number of unbranched alkanes of at least 4 members (excludes halogenated alkanes) is 2. The number of hydrogen-bond donors (Lipinski definition) is 1. The van der Waals surface area contributed by atoms with Crippen molar-refractivity contribution >= 4 is 0 Å². The zero-order chi connectivity index (χ0) is 11.0. The van der Waals surface area contributed by atoms with Crippen LogP contribution in [0, 0.1) is 0 Å². The molecule has 0 fully saturated rings. The van der Waals surface area contributed by atoms with Crippen molar-refractivity contribution in [3.63, 3.8) is 0 Å². The number of hydrogen-bond acceptors (Lipinski definition) is 2. The Morgan fingerprint density at radius 1 is 1.07 bits per heavy atom. The molecule has 86 valence electrons. The van der Waals surface area contributed by atoms with Gasteiger partial charge in [0, 0.05) is 5.54 Å². The van der Waals surface area contributed by atoms with Crippen molar-refractivity contribution in [2.45, 2.75) is 58.4 Å². The van der Waals surface area contributed by atoms with Crippen LogP contribution < -0.4 is 5.73 Å². The first kappa shape index (κ1) is 13.9. The lowest BCUT2D eigenvalue weighted by atomic mass is 10.00. The van der Waals surface area contributed by atoms with Crippen LogP contribution in [0.3, 0.4) is 0 Å². The normalized spacial score (nSPS) is 12.4. The fraction of sp³-hybridized carbons (Fsp3) is 1.00. The third kappa shape index (κ3) is 10.0. The molecule has 0 aromatic heterocycles. The monoisotopic (exact) mass is 200 g/mol. The summed E-state index contributed by atoms with van der Waals surface area (Å²) >= 11 is 0. The summed E-state index contributed by atoms with van der Waals surface area (Å²) in [5, 5.41) is 0. The molecule has 0 radical (unpaired) electrons. The minimum Gasteiger partial charge on any atom is -0.326 e. The van der Waals surface area contributed by atoms with Gasteiger partial charge < -0.3 is 10.6 Å². The average Bonchev–Trinajstić information content (AvgIpc) is 2.02. The summed E-state index contributed by atoms with van der Waals surface area (Å²) in [6.45, 7) is 8.87. The van der Waals surface area contributed by atoms with Gasteiger partial charge in [0.05, 0.1) is 0 Å². The van der Waals surface area contributed by atoms with Gasteiger partial charge in [0.25, 0.3) is 0 Å². The topological polar surface area (TPSA) is 29.3 Å². The van der Waals surface area contributed by atoms with E-state index in [1.807, 2.05) is 0 Å². The van der Waals surface area contributed by atoms with E-state index in [9.17, 15) is 0 Å². The minimum atomic E-state index is 0.00422. The number of nitrogens with two attached hydrogens (primary N) is 1. The standard InChI is InChI=1S/C12H28N2/c1-5-6-7-10-14(4)11-8-9-12(2,3)13/h5-11,13H2,1-4H3. The van der Waals surface area contributed by atoms with Gasteiger partial charge in [-0.2, -0.15) is 0 Å². The van der Waals surface area contributed by atoms with E-state index in [1.54, 1.807) is 0 Å². The van der Waals surface area contributed by atoms with E-state index < -0.39 is 0 Å². The predicted octanol–water partition coefficient (Wildman–Crippen LogP) is 2.63. The zero-order valence-corrected chi connectivity index (χ0v) is 10.5. The number of rotatable bonds is 8. The fourth-order valence-corrected chi connectivity index (χ4v) is 1.55. The molecule has 0 heterocycles. The maximum Gasteiger partial charge on any atom is 0.00975 e. The third-order valence-electron chi connectivity index (χ3n) is 2.50. The smallest absolute Gasteiger partial charge is 0.00975 e. The van der Waals surface area contributed by atoms with E-state index in [0.29, 0.717) is 0 Å². The predicted molar refractivity (Wildman–Crippen MR) is 64.5 cm³/mol. The highest BCUT2D eigenvalue weighted by Gasteiger charge is 2.09. The lowest BCUT2D eigenvalue weighted by Crippen LogP contribution is -2.33. The van der Waals surface area contributed by atoms with Gasteiger partial charge in [-0.3, -0.25) is 0 Å². The lowest BCUT2D eigenvalue weighted by Gasteiger charge is -2.21. The Balaban J connectivity index is 3.31. The summed E-state index contributed by atoms with van der Waals surface area (Å²) in [6, 6.07) is 0. The Morgan fingerprint density at radius 2 is 1.64 bits per heavy atom. The van der Waals surface area contributed by atoms with E-state index in [-0.39, 0.29) is 5.54 Å². The van der Waals surface area contributed by atoms with Crippen LogP contribution in [0.4, 0.5) is 0 Å². The summed E-state index contributed by atoms with van der Waals surface area (Å²) in [4.78, 5) is 2.42. The Labute approximate surface area is 89.9 Å². The molecule has 2 nitrogen and oxygen atoms in total. The quantitative estimate of drug-likeness (QED) is 0.610. The van der Waals surface area contributed by atoms with Crippen molar-refractivity contribution in [2.75, 3.05) is 20.1 Å². The molecule has 0 bridgehead atoms. The van der Waals surface area contributed by atoms with Crippen LogP contribution in [0.15, 0.2) is 0 Å².